The number of carbonyl (C=O) groups is 1. The number of carbonyl (C=O) groups excluding carboxylic acids is 1. The van der Waals surface area contributed by atoms with Gasteiger partial charge in [-0.3, -0.25) is 4.79 Å². The van der Waals surface area contributed by atoms with Crippen LogP contribution < -0.4 is 10.6 Å². The zero-order chi connectivity index (χ0) is 15.1. The molecule has 0 unspecified atom stereocenters. The SMILES string of the molecule is Cc1ccc(NC(=O)/C(C#N)=C\NC2CCCCC2)cc1. The molecule has 4 heteroatoms. The Hall–Kier alpha value is -2.28. The Labute approximate surface area is 125 Å². The van der Waals surface area contributed by atoms with Gasteiger partial charge in [0.25, 0.3) is 5.91 Å². The van der Waals surface area contributed by atoms with Crippen LogP contribution in [0.5, 0.6) is 0 Å². The van der Waals surface area contributed by atoms with Gasteiger partial charge >= 0.3 is 0 Å². The van der Waals surface area contributed by atoms with E-state index in [1.54, 1.807) is 6.20 Å². The highest BCUT2D eigenvalue weighted by Gasteiger charge is 2.13. The van der Waals surface area contributed by atoms with Crippen LogP contribution in [0.15, 0.2) is 36.0 Å². The maximum atomic E-state index is 12.1. The minimum absolute atomic E-state index is 0.112. The van der Waals surface area contributed by atoms with E-state index in [-0.39, 0.29) is 11.5 Å². The van der Waals surface area contributed by atoms with E-state index < -0.39 is 0 Å². The maximum absolute atomic E-state index is 12.1. The highest BCUT2D eigenvalue weighted by atomic mass is 16.1. The standard InChI is InChI=1S/C17H21N3O/c1-13-7-9-16(10-8-13)20-17(21)14(11-18)12-19-15-5-3-2-4-6-15/h7-10,12,15,19H,2-6H2,1H3,(H,20,21)/b14-12-. The van der Waals surface area contributed by atoms with Crippen molar-refractivity contribution in [3.05, 3.63) is 41.6 Å². The van der Waals surface area contributed by atoms with Gasteiger partial charge in [0.15, 0.2) is 0 Å². The van der Waals surface area contributed by atoms with E-state index in [0.29, 0.717) is 11.7 Å². The van der Waals surface area contributed by atoms with Crippen molar-refractivity contribution >= 4 is 11.6 Å². The number of anilines is 1. The predicted octanol–water partition coefficient (Wildman–Crippen LogP) is 3.26. The van der Waals surface area contributed by atoms with Crippen molar-refractivity contribution in [2.75, 3.05) is 5.32 Å². The van der Waals surface area contributed by atoms with Gasteiger partial charge in [-0.05, 0) is 31.9 Å². The quantitative estimate of drug-likeness (QED) is 0.658. The summed E-state index contributed by atoms with van der Waals surface area (Å²) >= 11 is 0. The number of hydrogen-bond acceptors (Lipinski definition) is 3. The molecule has 1 fully saturated rings. The Balaban J connectivity index is 1.94. The number of nitrogens with one attached hydrogen (secondary N) is 2. The third-order valence-corrected chi connectivity index (χ3v) is 3.74. The average Bonchev–Trinajstić information content (AvgIpc) is 2.51. The van der Waals surface area contributed by atoms with Gasteiger partial charge in [0.1, 0.15) is 11.6 Å². The third-order valence-electron chi connectivity index (χ3n) is 3.74. The molecular weight excluding hydrogens is 262 g/mol. The first-order valence-corrected chi connectivity index (χ1v) is 7.43. The lowest BCUT2D eigenvalue weighted by atomic mass is 9.96. The molecule has 0 spiro atoms. The lowest BCUT2D eigenvalue weighted by Crippen LogP contribution is -2.28. The molecular formula is C17H21N3O. The third kappa shape index (κ3) is 4.64. The van der Waals surface area contributed by atoms with E-state index in [0.717, 1.165) is 18.4 Å². The van der Waals surface area contributed by atoms with Crippen LogP contribution in [0.4, 0.5) is 5.69 Å². The van der Waals surface area contributed by atoms with E-state index in [2.05, 4.69) is 10.6 Å². The summed E-state index contributed by atoms with van der Waals surface area (Å²) in [5.41, 5.74) is 1.94. The zero-order valence-corrected chi connectivity index (χ0v) is 12.4. The second-order valence-electron chi connectivity index (χ2n) is 5.49. The first kappa shape index (κ1) is 15.1. The molecule has 1 aliphatic rings. The Kier molecular flexibility index (Phi) is 5.39. The predicted molar refractivity (Wildman–Crippen MR) is 83.5 cm³/mol. The van der Waals surface area contributed by atoms with Crippen LogP contribution in [0.2, 0.25) is 0 Å². The summed E-state index contributed by atoms with van der Waals surface area (Å²) in [6.45, 7) is 1.99. The van der Waals surface area contributed by atoms with E-state index in [1.807, 2.05) is 37.3 Å². The Morgan fingerprint density at radius 1 is 1.24 bits per heavy atom. The molecule has 0 aliphatic heterocycles. The van der Waals surface area contributed by atoms with Crippen molar-refractivity contribution < 1.29 is 4.79 Å². The molecule has 0 atom stereocenters. The molecule has 0 heterocycles. The summed E-state index contributed by atoms with van der Waals surface area (Å²) in [5, 5.41) is 15.1. The summed E-state index contributed by atoms with van der Waals surface area (Å²) in [5.74, 6) is -0.371. The zero-order valence-electron chi connectivity index (χ0n) is 12.4. The smallest absolute Gasteiger partial charge is 0.267 e. The van der Waals surface area contributed by atoms with Crippen molar-refractivity contribution in [2.24, 2.45) is 0 Å². The molecule has 21 heavy (non-hydrogen) atoms. The summed E-state index contributed by atoms with van der Waals surface area (Å²) in [6.07, 6.45) is 7.47. The normalized spacial score (nSPS) is 16.1. The molecule has 2 N–H and O–H groups in total. The van der Waals surface area contributed by atoms with E-state index in [1.165, 1.54) is 19.3 Å². The molecule has 110 valence electrons. The van der Waals surface area contributed by atoms with E-state index in [4.69, 9.17) is 5.26 Å². The number of benzene rings is 1. The fourth-order valence-electron chi connectivity index (χ4n) is 2.45. The van der Waals surface area contributed by atoms with Crippen LogP contribution in [-0.2, 0) is 4.79 Å². The first-order chi connectivity index (χ1) is 10.2. The molecule has 2 rings (SSSR count). The topological polar surface area (TPSA) is 64.9 Å². The van der Waals surface area contributed by atoms with E-state index >= 15 is 0 Å². The van der Waals surface area contributed by atoms with Gasteiger partial charge in [-0.15, -0.1) is 0 Å². The number of nitriles is 1. The fourth-order valence-corrected chi connectivity index (χ4v) is 2.45. The highest BCUT2D eigenvalue weighted by molar-refractivity contribution is 6.06. The molecule has 0 saturated heterocycles. The maximum Gasteiger partial charge on any atom is 0.267 e. The second-order valence-corrected chi connectivity index (χ2v) is 5.49. The molecule has 1 aliphatic carbocycles. The van der Waals surface area contributed by atoms with Crippen molar-refractivity contribution in [1.82, 2.24) is 5.32 Å². The molecule has 1 saturated carbocycles. The van der Waals surface area contributed by atoms with Crippen molar-refractivity contribution in [3.63, 3.8) is 0 Å². The van der Waals surface area contributed by atoms with Gasteiger partial charge < -0.3 is 10.6 Å². The van der Waals surface area contributed by atoms with Gasteiger partial charge in [-0.2, -0.15) is 5.26 Å². The minimum Gasteiger partial charge on any atom is -0.387 e. The molecule has 0 bridgehead atoms. The number of hydrogen-bond donors (Lipinski definition) is 2. The van der Waals surface area contributed by atoms with Crippen LogP contribution in [0.3, 0.4) is 0 Å². The number of rotatable bonds is 4. The molecule has 0 aromatic heterocycles. The monoisotopic (exact) mass is 283 g/mol. The van der Waals surface area contributed by atoms with Gasteiger partial charge in [-0.1, -0.05) is 37.0 Å². The highest BCUT2D eigenvalue weighted by Crippen LogP contribution is 2.17. The summed E-state index contributed by atoms with van der Waals surface area (Å²) < 4.78 is 0. The second kappa shape index (κ2) is 7.49. The van der Waals surface area contributed by atoms with Gasteiger partial charge in [0, 0.05) is 17.9 Å². The van der Waals surface area contributed by atoms with Crippen LogP contribution in [-0.4, -0.2) is 11.9 Å². The Morgan fingerprint density at radius 3 is 2.52 bits per heavy atom. The lowest BCUT2D eigenvalue weighted by molar-refractivity contribution is -0.112. The molecule has 1 amide bonds. The van der Waals surface area contributed by atoms with Gasteiger partial charge in [0.2, 0.25) is 0 Å². The Morgan fingerprint density at radius 2 is 1.90 bits per heavy atom. The van der Waals surface area contributed by atoms with Crippen molar-refractivity contribution in [3.8, 4) is 6.07 Å². The van der Waals surface area contributed by atoms with Gasteiger partial charge in [-0.25, -0.2) is 0 Å². The van der Waals surface area contributed by atoms with Gasteiger partial charge in [0.05, 0.1) is 0 Å². The first-order valence-electron chi connectivity index (χ1n) is 7.43. The van der Waals surface area contributed by atoms with Crippen LogP contribution in [0, 0.1) is 18.3 Å². The molecule has 4 nitrogen and oxygen atoms in total. The fraction of sp³-hybridized carbons (Fsp3) is 0.412. The van der Waals surface area contributed by atoms with Crippen molar-refractivity contribution in [1.29, 1.82) is 5.26 Å². The summed E-state index contributed by atoms with van der Waals surface area (Å²) in [6, 6.07) is 9.85. The summed E-state index contributed by atoms with van der Waals surface area (Å²) in [7, 11) is 0. The minimum atomic E-state index is -0.371. The van der Waals surface area contributed by atoms with Crippen LogP contribution in [0.1, 0.15) is 37.7 Å². The van der Waals surface area contributed by atoms with Crippen LogP contribution >= 0.6 is 0 Å². The number of nitrogens with zero attached hydrogens (tertiary/aromatic N) is 1. The van der Waals surface area contributed by atoms with Crippen LogP contribution in [0.25, 0.3) is 0 Å². The molecule has 1 aromatic rings. The lowest BCUT2D eigenvalue weighted by Gasteiger charge is -2.21. The molecule has 0 radical (unpaired) electrons. The number of amides is 1. The number of aryl methyl sites for hydroxylation is 1. The Bertz CT molecular complexity index is 548. The van der Waals surface area contributed by atoms with E-state index in [9.17, 15) is 4.79 Å². The summed E-state index contributed by atoms with van der Waals surface area (Å²) in [4.78, 5) is 12.1. The molecule has 1 aromatic carbocycles. The largest absolute Gasteiger partial charge is 0.387 e. The van der Waals surface area contributed by atoms with Crippen molar-refractivity contribution in [2.45, 2.75) is 45.1 Å². The average molecular weight is 283 g/mol.